The normalized spacial score (nSPS) is 12.9. The second kappa shape index (κ2) is 9.62. The fourth-order valence-corrected chi connectivity index (χ4v) is 2.95. The largest absolute Gasteiger partial charge is 0.354 e. The van der Waals surface area contributed by atoms with Gasteiger partial charge in [-0.25, -0.2) is 0 Å². The van der Waals surface area contributed by atoms with Gasteiger partial charge in [-0.2, -0.15) is 0 Å². The predicted octanol–water partition coefficient (Wildman–Crippen LogP) is 3.77. The molecule has 0 aliphatic rings. The number of carbonyl (C=O) groups excluding carboxylic acids is 1. The highest BCUT2D eigenvalue weighted by Crippen LogP contribution is 2.28. The van der Waals surface area contributed by atoms with Crippen molar-refractivity contribution >= 4 is 5.91 Å². The quantitative estimate of drug-likeness (QED) is 0.647. The molecule has 0 saturated carbocycles. The standard InChI is InChI=1S/C19H32N2O/c1-16(21-18(22)13-9-4-5-10-14-20)15-19(2,3)17-11-7-6-8-12-17/h6-8,11-12,16H,4-5,9-10,13-15,20H2,1-3H3,(H,21,22). The number of benzene rings is 1. The van der Waals surface area contributed by atoms with Crippen LogP contribution in [0, 0.1) is 0 Å². The van der Waals surface area contributed by atoms with Gasteiger partial charge >= 0.3 is 0 Å². The van der Waals surface area contributed by atoms with E-state index in [2.05, 4.69) is 50.4 Å². The zero-order valence-electron chi connectivity index (χ0n) is 14.4. The molecule has 1 atom stereocenters. The van der Waals surface area contributed by atoms with E-state index < -0.39 is 0 Å². The Balaban J connectivity index is 2.33. The Labute approximate surface area is 135 Å². The third-order valence-corrected chi connectivity index (χ3v) is 4.14. The zero-order valence-corrected chi connectivity index (χ0v) is 14.4. The molecule has 0 spiro atoms. The number of amides is 1. The lowest BCUT2D eigenvalue weighted by molar-refractivity contribution is -0.121. The Bertz CT molecular complexity index is 428. The molecule has 22 heavy (non-hydrogen) atoms. The van der Waals surface area contributed by atoms with E-state index in [0.29, 0.717) is 6.42 Å². The fourth-order valence-electron chi connectivity index (χ4n) is 2.95. The maximum Gasteiger partial charge on any atom is 0.220 e. The van der Waals surface area contributed by atoms with Gasteiger partial charge in [-0.05, 0) is 43.7 Å². The van der Waals surface area contributed by atoms with E-state index in [1.807, 2.05) is 6.07 Å². The van der Waals surface area contributed by atoms with Crippen LogP contribution in [0.1, 0.15) is 64.9 Å². The summed E-state index contributed by atoms with van der Waals surface area (Å²) in [6, 6.07) is 10.7. The molecule has 1 aromatic carbocycles. The van der Waals surface area contributed by atoms with Gasteiger partial charge in [0.05, 0.1) is 0 Å². The van der Waals surface area contributed by atoms with E-state index in [4.69, 9.17) is 5.73 Å². The number of hydrogen-bond acceptors (Lipinski definition) is 2. The summed E-state index contributed by atoms with van der Waals surface area (Å²) in [5.41, 5.74) is 6.85. The SMILES string of the molecule is CC(CC(C)(C)c1ccccc1)NC(=O)CCCCCCN. The van der Waals surface area contributed by atoms with Gasteiger partial charge in [0.2, 0.25) is 5.91 Å². The van der Waals surface area contributed by atoms with Crippen molar-refractivity contribution in [1.29, 1.82) is 0 Å². The van der Waals surface area contributed by atoms with Crippen LogP contribution < -0.4 is 11.1 Å². The highest BCUT2D eigenvalue weighted by Gasteiger charge is 2.23. The minimum absolute atomic E-state index is 0.0646. The molecule has 0 aliphatic carbocycles. The average molecular weight is 304 g/mol. The van der Waals surface area contributed by atoms with Gasteiger partial charge in [-0.1, -0.05) is 57.0 Å². The monoisotopic (exact) mass is 304 g/mol. The molecule has 1 unspecified atom stereocenters. The molecule has 3 nitrogen and oxygen atoms in total. The first-order chi connectivity index (χ1) is 10.5. The van der Waals surface area contributed by atoms with Crippen molar-refractivity contribution in [2.45, 2.75) is 70.8 Å². The number of unbranched alkanes of at least 4 members (excludes halogenated alkanes) is 3. The van der Waals surface area contributed by atoms with Crippen LogP contribution in [-0.4, -0.2) is 18.5 Å². The topological polar surface area (TPSA) is 55.1 Å². The van der Waals surface area contributed by atoms with Crippen LogP contribution in [0.4, 0.5) is 0 Å². The van der Waals surface area contributed by atoms with Gasteiger partial charge in [0.25, 0.3) is 0 Å². The van der Waals surface area contributed by atoms with Crippen molar-refractivity contribution in [3.63, 3.8) is 0 Å². The second-order valence-electron chi connectivity index (χ2n) is 6.88. The van der Waals surface area contributed by atoms with Crippen LogP contribution in [0.25, 0.3) is 0 Å². The van der Waals surface area contributed by atoms with Crippen molar-refractivity contribution in [2.75, 3.05) is 6.54 Å². The lowest BCUT2D eigenvalue weighted by Gasteiger charge is -2.29. The maximum atomic E-state index is 12.0. The van der Waals surface area contributed by atoms with Crippen LogP contribution in [-0.2, 0) is 10.2 Å². The molecule has 0 aromatic heterocycles. The molecular weight excluding hydrogens is 272 g/mol. The smallest absolute Gasteiger partial charge is 0.220 e. The molecule has 0 bridgehead atoms. The Morgan fingerprint density at radius 2 is 1.77 bits per heavy atom. The number of nitrogens with one attached hydrogen (secondary N) is 1. The van der Waals surface area contributed by atoms with Crippen molar-refractivity contribution in [3.8, 4) is 0 Å². The number of rotatable bonds is 10. The molecule has 0 saturated heterocycles. The van der Waals surface area contributed by atoms with Gasteiger partial charge in [-0.15, -0.1) is 0 Å². The summed E-state index contributed by atoms with van der Waals surface area (Å²) in [5.74, 6) is 0.170. The van der Waals surface area contributed by atoms with E-state index in [1.54, 1.807) is 0 Å². The molecule has 1 rings (SSSR count). The van der Waals surface area contributed by atoms with Crippen molar-refractivity contribution in [1.82, 2.24) is 5.32 Å². The molecule has 1 amide bonds. The minimum atomic E-state index is 0.0646. The number of nitrogens with two attached hydrogens (primary N) is 1. The molecule has 1 aromatic rings. The number of hydrogen-bond donors (Lipinski definition) is 2. The summed E-state index contributed by atoms with van der Waals surface area (Å²) in [6.07, 6.45) is 5.80. The van der Waals surface area contributed by atoms with Crippen LogP contribution in [0.2, 0.25) is 0 Å². The summed E-state index contributed by atoms with van der Waals surface area (Å²) < 4.78 is 0. The first-order valence-electron chi connectivity index (χ1n) is 8.50. The fraction of sp³-hybridized carbons (Fsp3) is 0.632. The summed E-state index contributed by atoms with van der Waals surface area (Å²) >= 11 is 0. The van der Waals surface area contributed by atoms with E-state index in [9.17, 15) is 4.79 Å². The highest BCUT2D eigenvalue weighted by molar-refractivity contribution is 5.76. The Hall–Kier alpha value is -1.35. The third-order valence-electron chi connectivity index (χ3n) is 4.14. The van der Waals surface area contributed by atoms with Crippen molar-refractivity contribution < 1.29 is 4.79 Å². The van der Waals surface area contributed by atoms with Crippen LogP contribution >= 0.6 is 0 Å². The summed E-state index contributed by atoms with van der Waals surface area (Å²) in [7, 11) is 0. The van der Waals surface area contributed by atoms with Gasteiger partial charge in [0.15, 0.2) is 0 Å². The molecule has 0 fully saturated rings. The van der Waals surface area contributed by atoms with Crippen LogP contribution in [0.3, 0.4) is 0 Å². The van der Waals surface area contributed by atoms with E-state index in [-0.39, 0.29) is 17.4 Å². The first-order valence-corrected chi connectivity index (χ1v) is 8.50. The third kappa shape index (κ3) is 7.08. The average Bonchev–Trinajstić information content (AvgIpc) is 2.47. The van der Waals surface area contributed by atoms with Crippen LogP contribution in [0.15, 0.2) is 30.3 Å². The van der Waals surface area contributed by atoms with E-state index in [1.165, 1.54) is 5.56 Å². The summed E-state index contributed by atoms with van der Waals surface area (Å²) in [6.45, 7) is 7.31. The van der Waals surface area contributed by atoms with Gasteiger partial charge < -0.3 is 11.1 Å². The molecule has 3 heteroatoms. The Morgan fingerprint density at radius 3 is 2.41 bits per heavy atom. The molecular formula is C19H32N2O. The first kappa shape index (κ1) is 18.7. The van der Waals surface area contributed by atoms with E-state index in [0.717, 1.165) is 38.6 Å². The van der Waals surface area contributed by atoms with Crippen molar-refractivity contribution in [3.05, 3.63) is 35.9 Å². The Morgan fingerprint density at radius 1 is 1.14 bits per heavy atom. The zero-order chi connectivity index (χ0) is 16.4. The minimum Gasteiger partial charge on any atom is -0.354 e. The molecule has 0 heterocycles. The Kier molecular flexibility index (Phi) is 8.18. The molecule has 124 valence electrons. The lowest BCUT2D eigenvalue weighted by Crippen LogP contribution is -2.37. The molecule has 0 radical (unpaired) electrons. The van der Waals surface area contributed by atoms with Gasteiger partial charge in [0, 0.05) is 12.5 Å². The maximum absolute atomic E-state index is 12.0. The lowest BCUT2D eigenvalue weighted by atomic mass is 9.79. The van der Waals surface area contributed by atoms with Gasteiger partial charge in [-0.3, -0.25) is 4.79 Å². The van der Waals surface area contributed by atoms with Crippen molar-refractivity contribution in [2.24, 2.45) is 5.73 Å². The molecule has 0 aliphatic heterocycles. The molecule has 3 N–H and O–H groups in total. The van der Waals surface area contributed by atoms with Crippen LogP contribution in [0.5, 0.6) is 0 Å². The van der Waals surface area contributed by atoms with Gasteiger partial charge in [0.1, 0.15) is 0 Å². The highest BCUT2D eigenvalue weighted by atomic mass is 16.1. The summed E-state index contributed by atoms with van der Waals surface area (Å²) in [4.78, 5) is 12.0. The number of carbonyl (C=O) groups is 1. The van der Waals surface area contributed by atoms with E-state index >= 15 is 0 Å². The summed E-state index contributed by atoms with van der Waals surface area (Å²) in [5, 5.41) is 3.13. The second-order valence-corrected chi connectivity index (χ2v) is 6.88. The predicted molar refractivity (Wildman–Crippen MR) is 93.8 cm³/mol.